The molecule has 0 N–H and O–H groups in total. The van der Waals surface area contributed by atoms with Crippen molar-refractivity contribution >= 4 is 45.0 Å². The molecule has 0 saturated carbocycles. The highest BCUT2D eigenvalue weighted by molar-refractivity contribution is 6.17. The summed E-state index contributed by atoms with van der Waals surface area (Å²) < 4.78 is 9.49. The Morgan fingerprint density at radius 1 is 0.460 bits per heavy atom. The molecule has 5 heteroatoms. The largest absolute Gasteiger partial charge is 0.455 e. The monoisotopic (exact) mass is 808 g/mol. The van der Waals surface area contributed by atoms with Crippen LogP contribution in [0.1, 0.15) is 6.92 Å². The maximum absolute atomic E-state index is 7.09. The van der Waals surface area contributed by atoms with Crippen molar-refractivity contribution in [3.05, 3.63) is 217 Å². The highest BCUT2D eigenvalue weighted by Gasteiger charge is 2.24. The van der Waals surface area contributed by atoms with Gasteiger partial charge in [-0.15, -0.1) is 0 Å². The molecular weight excluding hydrogens is 769 g/mol. The van der Waals surface area contributed by atoms with E-state index in [1.165, 1.54) is 0 Å². The molecule has 5 nitrogen and oxygen atoms in total. The number of furan rings is 1. The molecule has 63 heavy (non-hydrogen) atoms. The van der Waals surface area contributed by atoms with Crippen LogP contribution in [0.5, 0.6) is 0 Å². The van der Waals surface area contributed by atoms with Gasteiger partial charge in [0.1, 0.15) is 11.2 Å². The van der Waals surface area contributed by atoms with Crippen LogP contribution in [0.15, 0.2) is 211 Å². The maximum atomic E-state index is 7.09. The summed E-state index contributed by atoms with van der Waals surface area (Å²) in [5.41, 5.74) is 12.8. The molecule has 0 unspecified atom stereocenters. The van der Waals surface area contributed by atoms with E-state index in [2.05, 4.69) is 158 Å². The molecule has 0 amide bonds. The van der Waals surface area contributed by atoms with E-state index in [9.17, 15) is 0 Å². The van der Waals surface area contributed by atoms with E-state index in [1.807, 2.05) is 72.8 Å². The Bertz CT molecular complexity index is 3500. The molecule has 0 aliphatic heterocycles. The first kappa shape index (κ1) is 37.6. The lowest BCUT2D eigenvalue weighted by molar-refractivity contribution is 0.673. The van der Waals surface area contributed by atoms with E-state index < -0.39 is 0 Å². The van der Waals surface area contributed by atoms with Crippen molar-refractivity contribution in [1.82, 2.24) is 19.5 Å². The molecule has 0 bridgehead atoms. The zero-order chi connectivity index (χ0) is 42.3. The highest BCUT2D eigenvalue weighted by Crippen LogP contribution is 2.43. The number of hydrogen-bond donors (Lipinski definition) is 0. The minimum atomic E-state index is 0.585. The average Bonchev–Trinajstić information content (AvgIpc) is 3.90. The molecule has 0 fully saturated rings. The smallest absolute Gasteiger partial charge is 0.164 e. The molecule has 0 atom stereocenters. The summed E-state index contributed by atoms with van der Waals surface area (Å²) in [6.45, 7) is 6.31. The molecular formula is C58H40N4O. The van der Waals surface area contributed by atoms with Crippen LogP contribution in [0, 0.1) is 0 Å². The predicted octanol–water partition coefficient (Wildman–Crippen LogP) is 13.5. The molecule has 0 saturated heterocycles. The van der Waals surface area contributed by atoms with Gasteiger partial charge < -0.3 is 8.98 Å². The van der Waals surface area contributed by atoms with Gasteiger partial charge in [-0.05, 0) is 47.9 Å². The van der Waals surface area contributed by atoms with Gasteiger partial charge >= 0.3 is 0 Å². The van der Waals surface area contributed by atoms with Gasteiger partial charge in [-0.1, -0.05) is 195 Å². The van der Waals surface area contributed by atoms with E-state index in [0.717, 1.165) is 99.2 Å². The third-order valence-electron chi connectivity index (χ3n) is 11.8. The van der Waals surface area contributed by atoms with E-state index in [0.29, 0.717) is 17.5 Å². The minimum absolute atomic E-state index is 0.585. The lowest BCUT2D eigenvalue weighted by Gasteiger charge is -2.21. The second kappa shape index (κ2) is 15.9. The highest BCUT2D eigenvalue weighted by atomic mass is 16.3. The van der Waals surface area contributed by atoms with Crippen molar-refractivity contribution in [2.45, 2.75) is 6.92 Å². The third-order valence-corrected chi connectivity index (χ3v) is 11.8. The van der Waals surface area contributed by atoms with Crippen LogP contribution in [-0.4, -0.2) is 19.5 Å². The van der Waals surface area contributed by atoms with Crippen molar-refractivity contribution in [3.63, 3.8) is 0 Å². The summed E-state index contributed by atoms with van der Waals surface area (Å²) >= 11 is 0. The van der Waals surface area contributed by atoms with E-state index in [1.54, 1.807) is 0 Å². The van der Waals surface area contributed by atoms with Gasteiger partial charge in [0.05, 0.1) is 16.6 Å². The fourth-order valence-corrected chi connectivity index (χ4v) is 8.95. The summed E-state index contributed by atoms with van der Waals surface area (Å²) in [5.74, 6) is 1.81. The summed E-state index contributed by atoms with van der Waals surface area (Å²) in [7, 11) is 0. The maximum Gasteiger partial charge on any atom is 0.164 e. The second-order valence-corrected chi connectivity index (χ2v) is 15.5. The Kier molecular flexibility index (Phi) is 9.48. The van der Waals surface area contributed by atoms with Crippen LogP contribution in [0.4, 0.5) is 0 Å². The number of allylic oxidation sites excluding steroid dienone is 1. The normalized spacial score (nSPS) is 12.1. The van der Waals surface area contributed by atoms with E-state index in [-0.39, 0.29) is 0 Å². The van der Waals surface area contributed by atoms with Crippen LogP contribution in [0.3, 0.4) is 0 Å². The molecule has 11 aromatic rings. The summed E-state index contributed by atoms with van der Waals surface area (Å²) in [6.07, 6.45) is 6.18. The predicted molar refractivity (Wildman–Crippen MR) is 261 cm³/mol. The fraction of sp³-hybridized carbons (Fsp3) is 0.0172. The zero-order valence-corrected chi connectivity index (χ0v) is 34.6. The number of hydrogen-bond acceptors (Lipinski definition) is 4. The van der Waals surface area contributed by atoms with Crippen molar-refractivity contribution in [2.24, 2.45) is 0 Å². The quantitative estimate of drug-likeness (QED) is 0.153. The van der Waals surface area contributed by atoms with Crippen LogP contribution in [-0.2, 0) is 0 Å². The van der Waals surface area contributed by atoms with Crippen LogP contribution < -0.4 is 10.6 Å². The molecule has 0 aliphatic carbocycles. The van der Waals surface area contributed by atoms with Gasteiger partial charge in [0.25, 0.3) is 0 Å². The van der Waals surface area contributed by atoms with Crippen molar-refractivity contribution in [2.75, 3.05) is 0 Å². The van der Waals surface area contributed by atoms with Gasteiger partial charge in [0.15, 0.2) is 17.5 Å². The SMILES string of the molecule is C=C/C=c1\c(=C/C)n(-c2c(-c3ccccc3)cc(-c3nc(-c4ccccc4)nc(-c4ccccc4)n3)cc2-c2ccccc2)c2ccc3c4cccc(-c5ccccc5)c4oc3c12. The minimum Gasteiger partial charge on any atom is -0.455 e. The van der Waals surface area contributed by atoms with Crippen molar-refractivity contribution in [1.29, 1.82) is 0 Å². The summed E-state index contributed by atoms with van der Waals surface area (Å²) in [6, 6.07) is 67.3. The molecule has 3 aromatic heterocycles. The van der Waals surface area contributed by atoms with Crippen LogP contribution in [0.2, 0.25) is 0 Å². The molecule has 0 aliphatic rings. The van der Waals surface area contributed by atoms with Gasteiger partial charge in [-0.3, -0.25) is 0 Å². The Morgan fingerprint density at radius 2 is 0.921 bits per heavy atom. The average molecular weight is 809 g/mol. The molecule has 0 radical (unpaired) electrons. The Balaban J connectivity index is 1.26. The van der Waals surface area contributed by atoms with Crippen LogP contribution >= 0.6 is 0 Å². The number of fused-ring (bicyclic) bond motifs is 5. The van der Waals surface area contributed by atoms with E-state index in [4.69, 9.17) is 19.4 Å². The third kappa shape index (κ3) is 6.55. The summed E-state index contributed by atoms with van der Waals surface area (Å²) in [4.78, 5) is 15.4. The second-order valence-electron chi connectivity index (χ2n) is 15.5. The topological polar surface area (TPSA) is 56.7 Å². The van der Waals surface area contributed by atoms with Gasteiger partial charge in [-0.2, -0.15) is 0 Å². The number of nitrogens with zero attached hydrogens (tertiary/aromatic N) is 4. The van der Waals surface area contributed by atoms with Gasteiger partial charge in [0.2, 0.25) is 0 Å². The Labute approximate surface area is 365 Å². The molecule has 8 aromatic carbocycles. The van der Waals surface area contributed by atoms with E-state index >= 15 is 0 Å². The number of aromatic nitrogens is 4. The van der Waals surface area contributed by atoms with Crippen molar-refractivity contribution in [3.8, 4) is 73.2 Å². The Morgan fingerprint density at radius 3 is 1.41 bits per heavy atom. The molecule has 0 spiro atoms. The first-order valence-electron chi connectivity index (χ1n) is 21.2. The molecule has 3 heterocycles. The molecule has 11 rings (SSSR count). The lowest BCUT2D eigenvalue weighted by atomic mass is 9.92. The molecule has 298 valence electrons. The first-order chi connectivity index (χ1) is 31.2. The standard InChI is InChI=1S/C58H40N4O/c1-3-21-47-50(4-2)62(51-35-34-46-45-33-20-32-44(38-22-10-5-11-23-38)54(45)63-55(46)52(47)51)53-48(39-24-12-6-13-25-39)36-43(37-49(53)40-26-14-7-15-27-40)58-60-56(41-28-16-8-17-29-41)59-57(61-58)42-30-18-9-19-31-42/h3-37H,1H2,2H3/b47-21+,50-4+. The number of benzene rings is 8. The van der Waals surface area contributed by atoms with Crippen molar-refractivity contribution < 1.29 is 4.42 Å². The zero-order valence-electron chi connectivity index (χ0n) is 34.6. The van der Waals surface area contributed by atoms with Gasteiger partial charge in [-0.25, -0.2) is 15.0 Å². The Hall–Kier alpha value is -8.41. The first-order valence-corrected chi connectivity index (χ1v) is 21.2. The number of para-hydroxylation sites is 1. The fourth-order valence-electron chi connectivity index (χ4n) is 8.95. The lowest BCUT2D eigenvalue weighted by Crippen LogP contribution is -2.28. The summed E-state index contributed by atoms with van der Waals surface area (Å²) in [5, 5.41) is 5.23. The van der Waals surface area contributed by atoms with Gasteiger partial charge in [0, 0.05) is 54.7 Å². The number of rotatable bonds is 8. The van der Waals surface area contributed by atoms with Crippen LogP contribution in [0.25, 0.3) is 118 Å².